The fourth-order valence-electron chi connectivity index (χ4n) is 2.79. The lowest BCUT2D eigenvalue weighted by molar-refractivity contribution is -0.0926. The number of benzene rings is 1. The summed E-state index contributed by atoms with van der Waals surface area (Å²) >= 11 is 0. The fourth-order valence-corrected chi connectivity index (χ4v) is 2.79. The van der Waals surface area contributed by atoms with Crippen LogP contribution in [0.15, 0.2) is 18.2 Å². The zero-order valence-electron chi connectivity index (χ0n) is 12.4. The number of morpholine rings is 1. The number of aryl methyl sites for hydroxylation is 2. The van der Waals surface area contributed by atoms with E-state index in [0.717, 1.165) is 17.7 Å². The van der Waals surface area contributed by atoms with Crippen LogP contribution in [0.25, 0.3) is 0 Å². The van der Waals surface area contributed by atoms with Gasteiger partial charge in [-0.05, 0) is 26.3 Å². The van der Waals surface area contributed by atoms with Gasteiger partial charge < -0.3 is 9.84 Å². The molecular weight excluding hydrogens is 254 g/mol. The third-order valence-electron chi connectivity index (χ3n) is 3.66. The molecule has 0 aromatic heterocycles. The third kappa shape index (κ3) is 3.66. The molecule has 1 aromatic rings. The molecule has 0 amide bonds. The number of Topliss-reactive ketones (excluding diaryl/α,β-unsaturated/α-hetero) is 1. The molecule has 0 radical (unpaired) electrons. The van der Waals surface area contributed by atoms with Crippen molar-refractivity contribution in [1.29, 1.82) is 0 Å². The Bertz CT molecular complexity index is 487. The first kappa shape index (κ1) is 15.2. The lowest BCUT2D eigenvalue weighted by Gasteiger charge is -2.35. The molecule has 110 valence electrons. The molecule has 20 heavy (non-hydrogen) atoms. The normalized spacial score (nSPS) is 23.8. The number of carbonyl (C=O) groups excluding carboxylic acids is 1. The van der Waals surface area contributed by atoms with Crippen LogP contribution in [0.5, 0.6) is 0 Å². The lowest BCUT2D eigenvalue weighted by atomic mass is 10.0. The number of ketones is 1. The Morgan fingerprint density at radius 1 is 1.40 bits per heavy atom. The second kappa shape index (κ2) is 6.48. The van der Waals surface area contributed by atoms with Gasteiger partial charge in [0.25, 0.3) is 0 Å². The molecule has 0 aliphatic carbocycles. The highest BCUT2D eigenvalue weighted by atomic mass is 16.5. The Morgan fingerprint density at radius 3 is 2.80 bits per heavy atom. The second-order valence-electron chi connectivity index (χ2n) is 5.69. The molecule has 0 bridgehead atoms. The summed E-state index contributed by atoms with van der Waals surface area (Å²) < 4.78 is 5.59. The highest BCUT2D eigenvalue weighted by Gasteiger charge is 2.26. The first-order chi connectivity index (χ1) is 9.49. The maximum absolute atomic E-state index is 12.4. The smallest absolute Gasteiger partial charge is 0.177 e. The van der Waals surface area contributed by atoms with E-state index in [2.05, 4.69) is 4.90 Å². The van der Waals surface area contributed by atoms with E-state index in [1.54, 1.807) is 0 Å². The van der Waals surface area contributed by atoms with Crippen LogP contribution in [-0.4, -0.2) is 54.2 Å². The monoisotopic (exact) mass is 277 g/mol. The molecule has 0 saturated carbocycles. The molecule has 2 unspecified atom stereocenters. The number of nitrogens with zero attached hydrogens (tertiary/aromatic N) is 1. The standard InChI is InChI=1S/C16H23NO3/c1-11-4-5-15(12(2)6-11)16(19)9-17-7-13(3)20-14(8-17)10-18/h4-6,13-14,18H,7-10H2,1-3H3. The van der Waals surface area contributed by atoms with Gasteiger partial charge in [0.1, 0.15) is 0 Å². The van der Waals surface area contributed by atoms with Crippen molar-refractivity contribution in [2.45, 2.75) is 33.0 Å². The van der Waals surface area contributed by atoms with E-state index in [1.165, 1.54) is 5.56 Å². The molecule has 2 rings (SSSR count). The summed E-state index contributed by atoms with van der Waals surface area (Å²) in [6.07, 6.45) is -0.140. The first-order valence-electron chi connectivity index (χ1n) is 7.08. The molecule has 1 aromatic carbocycles. The van der Waals surface area contributed by atoms with Crippen LogP contribution in [0.2, 0.25) is 0 Å². The van der Waals surface area contributed by atoms with Crippen molar-refractivity contribution in [1.82, 2.24) is 4.90 Å². The van der Waals surface area contributed by atoms with Gasteiger partial charge in [0.05, 0.1) is 25.4 Å². The minimum atomic E-state index is -0.189. The zero-order valence-corrected chi connectivity index (χ0v) is 12.4. The largest absolute Gasteiger partial charge is 0.394 e. The number of carbonyl (C=O) groups is 1. The van der Waals surface area contributed by atoms with Gasteiger partial charge in [0.2, 0.25) is 0 Å². The predicted octanol–water partition coefficient (Wildman–Crippen LogP) is 1.57. The lowest BCUT2D eigenvalue weighted by Crippen LogP contribution is -2.49. The van der Waals surface area contributed by atoms with Crippen molar-refractivity contribution < 1.29 is 14.6 Å². The molecule has 1 saturated heterocycles. The number of aliphatic hydroxyl groups excluding tert-OH is 1. The molecular formula is C16H23NO3. The molecule has 1 N–H and O–H groups in total. The summed E-state index contributed by atoms with van der Waals surface area (Å²) in [6, 6.07) is 5.91. The molecule has 1 heterocycles. The number of rotatable bonds is 4. The Morgan fingerprint density at radius 2 is 2.15 bits per heavy atom. The van der Waals surface area contributed by atoms with Crippen molar-refractivity contribution in [2.24, 2.45) is 0 Å². The highest BCUT2D eigenvalue weighted by molar-refractivity contribution is 5.99. The molecule has 4 nitrogen and oxygen atoms in total. The fraction of sp³-hybridized carbons (Fsp3) is 0.562. The van der Waals surface area contributed by atoms with Crippen molar-refractivity contribution in [3.05, 3.63) is 34.9 Å². The average Bonchev–Trinajstić information content (AvgIpc) is 2.37. The van der Waals surface area contributed by atoms with E-state index in [4.69, 9.17) is 4.74 Å². The Labute approximate surface area is 120 Å². The van der Waals surface area contributed by atoms with E-state index in [-0.39, 0.29) is 24.6 Å². The van der Waals surface area contributed by atoms with Gasteiger partial charge in [-0.1, -0.05) is 23.8 Å². The van der Waals surface area contributed by atoms with Crippen LogP contribution in [-0.2, 0) is 4.74 Å². The van der Waals surface area contributed by atoms with E-state index < -0.39 is 0 Å². The maximum Gasteiger partial charge on any atom is 0.177 e. The quantitative estimate of drug-likeness (QED) is 0.849. The van der Waals surface area contributed by atoms with Crippen LogP contribution in [0.1, 0.15) is 28.4 Å². The van der Waals surface area contributed by atoms with Gasteiger partial charge in [-0.25, -0.2) is 0 Å². The number of hydrogen-bond acceptors (Lipinski definition) is 4. The Balaban J connectivity index is 2.03. The van der Waals surface area contributed by atoms with E-state index in [1.807, 2.05) is 39.0 Å². The van der Waals surface area contributed by atoms with Crippen molar-refractivity contribution in [3.8, 4) is 0 Å². The van der Waals surface area contributed by atoms with Gasteiger partial charge in [-0.2, -0.15) is 0 Å². The Kier molecular flexibility index (Phi) is 4.91. The van der Waals surface area contributed by atoms with Crippen LogP contribution < -0.4 is 0 Å². The predicted molar refractivity (Wildman–Crippen MR) is 78.1 cm³/mol. The van der Waals surface area contributed by atoms with Gasteiger partial charge in [0.15, 0.2) is 5.78 Å². The van der Waals surface area contributed by atoms with E-state index in [9.17, 15) is 9.90 Å². The highest BCUT2D eigenvalue weighted by Crippen LogP contribution is 2.15. The number of aliphatic hydroxyl groups is 1. The van der Waals surface area contributed by atoms with Gasteiger partial charge in [0, 0.05) is 18.7 Å². The summed E-state index contributed by atoms with van der Waals surface area (Å²) in [5.74, 6) is 0.133. The average molecular weight is 277 g/mol. The summed E-state index contributed by atoms with van der Waals surface area (Å²) in [5.41, 5.74) is 2.98. The SMILES string of the molecule is Cc1ccc(C(=O)CN2CC(C)OC(CO)C2)c(C)c1. The Hall–Kier alpha value is -1.23. The summed E-state index contributed by atoms with van der Waals surface area (Å²) in [6.45, 7) is 7.68. The van der Waals surface area contributed by atoms with E-state index in [0.29, 0.717) is 13.1 Å². The molecule has 1 aliphatic heterocycles. The van der Waals surface area contributed by atoms with Crippen molar-refractivity contribution >= 4 is 5.78 Å². The van der Waals surface area contributed by atoms with Crippen LogP contribution in [0.4, 0.5) is 0 Å². The van der Waals surface area contributed by atoms with Crippen LogP contribution >= 0.6 is 0 Å². The van der Waals surface area contributed by atoms with Gasteiger partial charge in [-0.15, -0.1) is 0 Å². The summed E-state index contributed by atoms with van der Waals surface area (Å²) in [7, 11) is 0. The number of ether oxygens (including phenoxy) is 1. The third-order valence-corrected chi connectivity index (χ3v) is 3.66. The minimum Gasteiger partial charge on any atom is -0.394 e. The topological polar surface area (TPSA) is 49.8 Å². The molecule has 1 fully saturated rings. The zero-order chi connectivity index (χ0) is 14.7. The van der Waals surface area contributed by atoms with Crippen molar-refractivity contribution in [2.75, 3.05) is 26.2 Å². The minimum absolute atomic E-state index is 0.00140. The van der Waals surface area contributed by atoms with Crippen LogP contribution in [0.3, 0.4) is 0 Å². The molecule has 1 aliphatic rings. The van der Waals surface area contributed by atoms with Gasteiger partial charge in [-0.3, -0.25) is 9.69 Å². The maximum atomic E-state index is 12.4. The summed E-state index contributed by atoms with van der Waals surface area (Å²) in [5, 5.41) is 9.22. The van der Waals surface area contributed by atoms with Gasteiger partial charge >= 0.3 is 0 Å². The molecule has 0 spiro atoms. The molecule has 4 heteroatoms. The van der Waals surface area contributed by atoms with E-state index >= 15 is 0 Å². The first-order valence-corrected chi connectivity index (χ1v) is 7.08. The van der Waals surface area contributed by atoms with Crippen LogP contribution in [0, 0.1) is 13.8 Å². The molecule has 2 atom stereocenters. The van der Waals surface area contributed by atoms with Crippen molar-refractivity contribution in [3.63, 3.8) is 0 Å². The summed E-state index contributed by atoms with van der Waals surface area (Å²) in [4.78, 5) is 14.5. The number of hydrogen-bond donors (Lipinski definition) is 1. The second-order valence-corrected chi connectivity index (χ2v) is 5.69.